The van der Waals surface area contributed by atoms with Gasteiger partial charge in [-0.25, -0.2) is 4.79 Å². The number of hydrogen-bond acceptors (Lipinski definition) is 8. The number of hydrogen-bond donors (Lipinski definition) is 1. The number of thioether (sulfide) groups is 1. The minimum Gasteiger partial charge on any atom is -0.454 e. The lowest BCUT2D eigenvalue weighted by Crippen LogP contribution is -2.46. The van der Waals surface area contributed by atoms with Crippen LogP contribution in [0.4, 0.5) is 5.69 Å². The van der Waals surface area contributed by atoms with Crippen molar-refractivity contribution in [3.05, 3.63) is 53.6 Å². The first-order valence-electron chi connectivity index (χ1n) is 9.81. The maximum absolute atomic E-state index is 12.8. The van der Waals surface area contributed by atoms with E-state index in [0.717, 1.165) is 4.90 Å². The Morgan fingerprint density at radius 2 is 1.78 bits per heavy atom. The highest BCUT2D eigenvalue weighted by atomic mass is 32.2. The molecule has 2 heterocycles. The van der Waals surface area contributed by atoms with E-state index in [-0.39, 0.29) is 24.3 Å². The van der Waals surface area contributed by atoms with Crippen LogP contribution in [0.3, 0.4) is 0 Å². The van der Waals surface area contributed by atoms with Gasteiger partial charge >= 0.3 is 5.97 Å². The molecule has 3 amide bonds. The molecular weight excluding hydrogens is 436 g/mol. The maximum Gasteiger partial charge on any atom is 0.329 e. The predicted molar refractivity (Wildman–Crippen MR) is 116 cm³/mol. The Hall–Kier alpha value is -3.53. The minimum atomic E-state index is -1.12. The minimum absolute atomic E-state index is 0.111. The molecule has 0 aliphatic carbocycles. The average Bonchev–Trinajstić information content (AvgIpc) is 3.36. The second-order valence-electron chi connectivity index (χ2n) is 7.05. The Labute approximate surface area is 188 Å². The highest BCUT2D eigenvalue weighted by molar-refractivity contribution is 7.98. The van der Waals surface area contributed by atoms with E-state index in [2.05, 4.69) is 5.32 Å². The van der Waals surface area contributed by atoms with Crippen molar-refractivity contribution in [2.75, 3.05) is 30.7 Å². The molecule has 0 spiro atoms. The standard InChI is InChI=1S/C22H20N2O7S/c1-32-9-8-16(24-20(26)14-4-2-3-5-15(14)21(24)27)22(28)29-11-19(25)23-13-6-7-17-18(10-13)31-12-30-17/h2-7,10,16H,8-9,11-12H2,1H3,(H,23,25). The number of esters is 1. The molecule has 0 radical (unpaired) electrons. The number of fused-ring (bicyclic) bond motifs is 2. The molecule has 0 saturated carbocycles. The molecule has 2 aromatic carbocycles. The molecule has 0 saturated heterocycles. The van der Waals surface area contributed by atoms with E-state index >= 15 is 0 Å². The summed E-state index contributed by atoms with van der Waals surface area (Å²) in [6.45, 7) is -0.453. The molecule has 0 fully saturated rings. The molecule has 1 unspecified atom stereocenters. The molecule has 32 heavy (non-hydrogen) atoms. The summed E-state index contributed by atoms with van der Waals surface area (Å²) in [7, 11) is 0. The zero-order chi connectivity index (χ0) is 22.7. The van der Waals surface area contributed by atoms with Crippen molar-refractivity contribution in [2.45, 2.75) is 12.5 Å². The van der Waals surface area contributed by atoms with Gasteiger partial charge < -0.3 is 19.5 Å². The number of benzene rings is 2. The fourth-order valence-corrected chi connectivity index (χ4v) is 3.94. The van der Waals surface area contributed by atoms with E-state index in [1.807, 2.05) is 6.26 Å². The van der Waals surface area contributed by atoms with Crippen molar-refractivity contribution in [1.29, 1.82) is 0 Å². The van der Waals surface area contributed by atoms with Gasteiger partial charge in [-0.1, -0.05) is 12.1 Å². The van der Waals surface area contributed by atoms with Crippen LogP contribution in [0, 0.1) is 0 Å². The molecule has 2 aliphatic heterocycles. The van der Waals surface area contributed by atoms with Gasteiger partial charge in [-0.05, 0) is 42.7 Å². The first kappa shape index (κ1) is 21.7. The molecule has 1 N–H and O–H groups in total. The summed E-state index contributed by atoms with van der Waals surface area (Å²) >= 11 is 1.47. The number of anilines is 1. The Balaban J connectivity index is 1.41. The highest BCUT2D eigenvalue weighted by Crippen LogP contribution is 2.34. The normalized spacial score (nSPS) is 14.8. The van der Waals surface area contributed by atoms with Crippen molar-refractivity contribution < 1.29 is 33.4 Å². The Morgan fingerprint density at radius 3 is 2.47 bits per heavy atom. The second-order valence-corrected chi connectivity index (χ2v) is 8.03. The van der Waals surface area contributed by atoms with Gasteiger partial charge in [0.05, 0.1) is 11.1 Å². The van der Waals surface area contributed by atoms with Gasteiger partial charge in [0.25, 0.3) is 17.7 Å². The molecule has 10 heteroatoms. The molecular formula is C22H20N2O7S. The van der Waals surface area contributed by atoms with Gasteiger partial charge in [0.2, 0.25) is 6.79 Å². The van der Waals surface area contributed by atoms with Gasteiger partial charge in [-0.2, -0.15) is 11.8 Å². The second kappa shape index (κ2) is 9.31. The molecule has 166 valence electrons. The predicted octanol–water partition coefficient (Wildman–Crippen LogP) is 2.31. The summed E-state index contributed by atoms with van der Waals surface area (Å²) in [5, 5.41) is 2.61. The highest BCUT2D eigenvalue weighted by Gasteiger charge is 2.43. The van der Waals surface area contributed by atoms with E-state index in [0.29, 0.717) is 22.9 Å². The number of imide groups is 1. The maximum atomic E-state index is 12.8. The molecule has 4 rings (SSSR count). The molecule has 9 nitrogen and oxygen atoms in total. The average molecular weight is 456 g/mol. The van der Waals surface area contributed by atoms with Crippen molar-refractivity contribution in [3.63, 3.8) is 0 Å². The monoisotopic (exact) mass is 456 g/mol. The largest absolute Gasteiger partial charge is 0.454 e. The summed E-state index contributed by atoms with van der Waals surface area (Å²) in [4.78, 5) is 51.5. The van der Waals surface area contributed by atoms with E-state index < -0.39 is 36.3 Å². The quantitative estimate of drug-likeness (QED) is 0.476. The topological polar surface area (TPSA) is 111 Å². The molecule has 1 atom stereocenters. The van der Waals surface area contributed by atoms with Gasteiger partial charge in [0.15, 0.2) is 18.1 Å². The van der Waals surface area contributed by atoms with Crippen LogP contribution in [-0.2, 0) is 14.3 Å². The fourth-order valence-electron chi connectivity index (χ4n) is 3.48. The van der Waals surface area contributed by atoms with Crippen LogP contribution in [0.5, 0.6) is 11.5 Å². The number of carbonyl (C=O) groups excluding carboxylic acids is 4. The van der Waals surface area contributed by atoms with Crippen LogP contribution in [-0.4, -0.2) is 60.0 Å². The van der Waals surface area contributed by atoms with E-state index in [4.69, 9.17) is 14.2 Å². The van der Waals surface area contributed by atoms with Crippen LogP contribution in [0.1, 0.15) is 27.1 Å². The van der Waals surface area contributed by atoms with Crippen molar-refractivity contribution >= 4 is 41.1 Å². The summed E-state index contributed by atoms with van der Waals surface area (Å²) < 4.78 is 15.7. The third-order valence-electron chi connectivity index (χ3n) is 5.01. The first-order valence-corrected chi connectivity index (χ1v) is 11.2. The van der Waals surface area contributed by atoms with Gasteiger partial charge in [0, 0.05) is 11.8 Å². The zero-order valence-corrected chi connectivity index (χ0v) is 18.0. The Kier molecular flexibility index (Phi) is 6.31. The Bertz CT molecular complexity index is 1050. The number of nitrogens with zero attached hydrogens (tertiary/aromatic N) is 1. The van der Waals surface area contributed by atoms with E-state index in [9.17, 15) is 19.2 Å². The number of ether oxygens (including phenoxy) is 3. The van der Waals surface area contributed by atoms with Crippen molar-refractivity contribution in [3.8, 4) is 11.5 Å². The molecule has 2 aliphatic rings. The summed E-state index contributed by atoms with van der Waals surface area (Å²) in [5.74, 6) is -0.861. The number of carbonyl (C=O) groups is 4. The van der Waals surface area contributed by atoms with Crippen LogP contribution < -0.4 is 14.8 Å². The lowest BCUT2D eigenvalue weighted by atomic mass is 10.1. The van der Waals surface area contributed by atoms with Crippen molar-refractivity contribution in [2.24, 2.45) is 0 Å². The van der Waals surface area contributed by atoms with Gasteiger partial charge in [0.1, 0.15) is 6.04 Å². The SMILES string of the molecule is CSCCC(C(=O)OCC(=O)Nc1ccc2c(c1)OCO2)N1C(=O)c2ccccc2C1=O. The van der Waals surface area contributed by atoms with Gasteiger partial charge in [-0.15, -0.1) is 0 Å². The molecule has 0 aromatic heterocycles. The lowest BCUT2D eigenvalue weighted by molar-refractivity contribution is -0.151. The van der Waals surface area contributed by atoms with Crippen LogP contribution >= 0.6 is 11.8 Å². The zero-order valence-electron chi connectivity index (χ0n) is 17.2. The molecule has 0 bridgehead atoms. The first-order chi connectivity index (χ1) is 15.5. The Morgan fingerprint density at radius 1 is 1.09 bits per heavy atom. The summed E-state index contributed by atoms with van der Waals surface area (Å²) in [6.07, 6.45) is 2.07. The summed E-state index contributed by atoms with van der Waals surface area (Å²) in [5.41, 5.74) is 0.953. The smallest absolute Gasteiger partial charge is 0.329 e. The van der Waals surface area contributed by atoms with Crippen LogP contribution in [0.2, 0.25) is 0 Å². The van der Waals surface area contributed by atoms with E-state index in [1.165, 1.54) is 11.8 Å². The lowest BCUT2D eigenvalue weighted by Gasteiger charge is -2.24. The van der Waals surface area contributed by atoms with Crippen LogP contribution in [0.25, 0.3) is 0 Å². The number of nitrogens with one attached hydrogen (secondary N) is 1. The summed E-state index contributed by atoms with van der Waals surface area (Å²) in [6, 6.07) is 10.2. The van der Waals surface area contributed by atoms with Crippen molar-refractivity contribution in [1.82, 2.24) is 4.90 Å². The van der Waals surface area contributed by atoms with E-state index in [1.54, 1.807) is 42.5 Å². The molecule has 2 aromatic rings. The number of amides is 3. The van der Waals surface area contributed by atoms with Crippen LogP contribution in [0.15, 0.2) is 42.5 Å². The third kappa shape index (κ3) is 4.26. The third-order valence-corrected chi connectivity index (χ3v) is 5.65. The fraction of sp³-hybridized carbons (Fsp3) is 0.273. The number of rotatable bonds is 8. The van der Waals surface area contributed by atoms with Gasteiger partial charge in [-0.3, -0.25) is 19.3 Å².